The van der Waals surface area contributed by atoms with Gasteiger partial charge in [0.25, 0.3) is 0 Å². The molecule has 29 heavy (non-hydrogen) atoms. The fraction of sp³-hybridized carbons (Fsp3) is 0.222. The predicted octanol–water partition coefficient (Wildman–Crippen LogP) is 4.64. The number of aryl methyl sites for hydroxylation is 1. The number of nitrogens with zero attached hydrogens (tertiary/aromatic N) is 4. The molecular formula is C18H16Cl2FN5O3. The van der Waals surface area contributed by atoms with Crippen LogP contribution < -0.4 is 5.32 Å². The summed E-state index contributed by atoms with van der Waals surface area (Å²) < 4.78 is 19.8. The highest BCUT2D eigenvalue weighted by atomic mass is 35.5. The molecule has 2 amide bonds. The number of amides is 2. The Kier molecular flexibility index (Phi) is 6.02. The molecule has 3 aromatic rings. The molecule has 11 heteroatoms. The zero-order valence-corrected chi connectivity index (χ0v) is 17.1. The third kappa shape index (κ3) is 4.47. The van der Waals surface area contributed by atoms with Gasteiger partial charge in [0.1, 0.15) is 5.82 Å². The summed E-state index contributed by atoms with van der Waals surface area (Å²) in [6, 6.07) is 2.78. The van der Waals surface area contributed by atoms with E-state index in [2.05, 4.69) is 20.4 Å². The lowest BCUT2D eigenvalue weighted by Gasteiger charge is -2.17. The molecule has 2 aromatic heterocycles. The average molecular weight is 440 g/mol. The van der Waals surface area contributed by atoms with Crippen LogP contribution in [0, 0.1) is 12.7 Å². The highest BCUT2D eigenvalue weighted by Crippen LogP contribution is 2.39. The first-order chi connectivity index (χ1) is 13.7. The monoisotopic (exact) mass is 439 g/mol. The lowest BCUT2D eigenvalue weighted by atomic mass is 9.99. The second kappa shape index (κ2) is 8.32. The average Bonchev–Trinajstić information content (AvgIpc) is 3.06. The number of hydrogen-bond acceptors (Lipinski definition) is 6. The van der Waals surface area contributed by atoms with Gasteiger partial charge in [-0.3, -0.25) is 10.2 Å². The second-order valence-corrected chi connectivity index (χ2v) is 7.08. The second-order valence-electron chi connectivity index (χ2n) is 6.23. The van der Waals surface area contributed by atoms with Crippen LogP contribution in [0.4, 0.5) is 9.18 Å². The molecule has 0 aliphatic carbocycles. The Morgan fingerprint density at radius 1 is 1.34 bits per heavy atom. The van der Waals surface area contributed by atoms with E-state index in [4.69, 9.17) is 32.9 Å². The molecule has 1 atom stereocenters. The Labute approximate surface area is 175 Å². The summed E-state index contributed by atoms with van der Waals surface area (Å²) in [5, 5.41) is 16.4. The topological polar surface area (TPSA) is 104 Å². The van der Waals surface area contributed by atoms with Gasteiger partial charge >= 0.3 is 6.03 Å². The summed E-state index contributed by atoms with van der Waals surface area (Å²) in [4.78, 5) is 19.9. The van der Waals surface area contributed by atoms with E-state index in [0.717, 1.165) is 7.05 Å². The van der Waals surface area contributed by atoms with Gasteiger partial charge in [0.15, 0.2) is 0 Å². The summed E-state index contributed by atoms with van der Waals surface area (Å²) in [7, 11) is 1.15. The minimum absolute atomic E-state index is 0.00553. The van der Waals surface area contributed by atoms with E-state index in [9.17, 15) is 9.18 Å². The summed E-state index contributed by atoms with van der Waals surface area (Å²) in [6.07, 6.45) is 1.42. The molecule has 0 aliphatic heterocycles. The fourth-order valence-electron chi connectivity index (χ4n) is 2.69. The zero-order valence-electron chi connectivity index (χ0n) is 15.6. The standard InChI is InChI=1S/C18H16Cl2FN5O3/c1-8(23-18(27)26(3)28)16-14(21)4-10(7-22-16)12-5-11(19)6-13(20)15(12)17-24-9(2)29-25-17/h4-8,28H,1-3H3,(H,23,27)/t8-/m1/s1. The lowest BCUT2D eigenvalue weighted by Crippen LogP contribution is -2.37. The van der Waals surface area contributed by atoms with E-state index in [1.807, 2.05) is 0 Å². The molecule has 0 bridgehead atoms. The summed E-state index contributed by atoms with van der Waals surface area (Å²) in [5.74, 6) is -0.0902. The molecular weight excluding hydrogens is 424 g/mol. The number of urea groups is 1. The SMILES string of the molecule is Cc1nc(-c2c(Cl)cc(Cl)cc2-c2cnc([C@@H](C)NC(=O)N(C)O)c(F)c2)no1. The Morgan fingerprint density at radius 3 is 2.66 bits per heavy atom. The number of hydroxylamine groups is 2. The van der Waals surface area contributed by atoms with E-state index in [0.29, 0.717) is 32.7 Å². The van der Waals surface area contributed by atoms with Crippen LogP contribution in [0.15, 0.2) is 28.9 Å². The van der Waals surface area contributed by atoms with Gasteiger partial charge in [-0.15, -0.1) is 0 Å². The van der Waals surface area contributed by atoms with Gasteiger partial charge in [-0.2, -0.15) is 4.98 Å². The minimum atomic E-state index is -0.792. The van der Waals surface area contributed by atoms with E-state index in [1.54, 1.807) is 13.0 Å². The number of rotatable bonds is 4. The van der Waals surface area contributed by atoms with Crippen molar-refractivity contribution in [2.24, 2.45) is 0 Å². The largest absolute Gasteiger partial charge is 0.341 e. The van der Waals surface area contributed by atoms with Crippen molar-refractivity contribution in [1.29, 1.82) is 0 Å². The normalized spacial score (nSPS) is 12.0. The quantitative estimate of drug-likeness (QED) is 0.452. The van der Waals surface area contributed by atoms with Crippen molar-refractivity contribution in [2.45, 2.75) is 19.9 Å². The van der Waals surface area contributed by atoms with Gasteiger partial charge in [-0.1, -0.05) is 28.4 Å². The van der Waals surface area contributed by atoms with Crippen LogP contribution in [0.1, 0.15) is 24.6 Å². The van der Waals surface area contributed by atoms with E-state index >= 15 is 0 Å². The number of pyridine rings is 1. The Balaban J connectivity index is 2.04. The Bertz CT molecular complexity index is 1070. The van der Waals surface area contributed by atoms with Crippen LogP contribution >= 0.6 is 23.2 Å². The lowest BCUT2D eigenvalue weighted by molar-refractivity contribution is -0.0193. The first-order valence-corrected chi connectivity index (χ1v) is 9.11. The molecule has 0 saturated carbocycles. The third-order valence-electron chi connectivity index (χ3n) is 4.03. The summed E-state index contributed by atoms with van der Waals surface area (Å²) in [6.45, 7) is 3.17. The van der Waals surface area contributed by atoms with E-state index < -0.39 is 17.9 Å². The third-order valence-corrected chi connectivity index (χ3v) is 4.55. The minimum Gasteiger partial charge on any atom is -0.339 e. The molecule has 0 fully saturated rings. The smallest absolute Gasteiger partial charge is 0.339 e. The van der Waals surface area contributed by atoms with Crippen LogP contribution in [-0.2, 0) is 0 Å². The highest BCUT2D eigenvalue weighted by Gasteiger charge is 2.21. The molecule has 0 unspecified atom stereocenters. The number of carbonyl (C=O) groups excluding carboxylic acids is 1. The maximum absolute atomic E-state index is 14.8. The number of hydrogen-bond donors (Lipinski definition) is 2. The molecule has 3 rings (SSSR count). The molecule has 0 aliphatic rings. The number of halogens is 3. The zero-order chi connectivity index (χ0) is 21.3. The summed E-state index contributed by atoms with van der Waals surface area (Å²) in [5.41, 5.74) is 1.26. The molecule has 2 heterocycles. The summed E-state index contributed by atoms with van der Waals surface area (Å²) >= 11 is 12.5. The van der Waals surface area contributed by atoms with Crippen molar-refractivity contribution in [3.8, 4) is 22.5 Å². The van der Waals surface area contributed by atoms with Gasteiger partial charge in [-0.05, 0) is 30.7 Å². The van der Waals surface area contributed by atoms with Crippen LogP contribution in [0.3, 0.4) is 0 Å². The molecule has 8 nitrogen and oxygen atoms in total. The van der Waals surface area contributed by atoms with Crippen molar-refractivity contribution < 1.29 is 18.9 Å². The number of aromatic nitrogens is 3. The number of nitrogens with one attached hydrogen (secondary N) is 1. The van der Waals surface area contributed by atoms with Crippen LogP contribution in [0.5, 0.6) is 0 Å². The van der Waals surface area contributed by atoms with Crippen molar-refractivity contribution in [3.63, 3.8) is 0 Å². The van der Waals surface area contributed by atoms with Gasteiger partial charge < -0.3 is 9.84 Å². The Hall–Kier alpha value is -2.75. The molecule has 2 N–H and O–H groups in total. The van der Waals surface area contributed by atoms with Gasteiger partial charge in [-0.25, -0.2) is 14.2 Å². The van der Waals surface area contributed by atoms with Crippen molar-refractivity contribution in [2.75, 3.05) is 7.05 Å². The highest BCUT2D eigenvalue weighted by molar-refractivity contribution is 6.37. The molecule has 152 valence electrons. The first-order valence-electron chi connectivity index (χ1n) is 8.36. The molecule has 0 spiro atoms. The Morgan fingerprint density at radius 2 is 2.07 bits per heavy atom. The fourth-order valence-corrected chi connectivity index (χ4v) is 3.27. The van der Waals surface area contributed by atoms with Crippen LogP contribution in [0.25, 0.3) is 22.5 Å². The van der Waals surface area contributed by atoms with Crippen LogP contribution in [-0.4, -0.2) is 38.5 Å². The molecule has 0 saturated heterocycles. The maximum atomic E-state index is 14.8. The van der Waals surface area contributed by atoms with E-state index in [-0.39, 0.29) is 16.5 Å². The molecule has 1 aromatic carbocycles. The van der Waals surface area contributed by atoms with Crippen molar-refractivity contribution in [3.05, 3.63) is 51.8 Å². The number of benzene rings is 1. The van der Waals surface area contributed by atoms with Gasteiger partial charge in [0, 0.05) is 36.3 Å². The first kappa shape index (κ1) is 21.0. The van der Waals surface area contributed by atoms with E-state index in [1.165, 1.54) is 25.3 Å². The van der Waals surface area contributed by atoms with Gasteiger partial charge in [0.05, 0.1) is 16.8 Å². The predicted molar refractivity (Wildman–Crippen MR) is 104 cm³/mol. The van der Waals surface area contributed by atoms with Gasteiger partial charge in [0.2, 0.25) is 11.7 Å². The van der Waals surface area contributed by atoms with Crippen LogP contribution in [0.2, 0.25) is 10.0 Å². The van der Waals surface area contributed by atoms with Crippen molar-refractivity contribution in [1.82, 2.24) is 25.5 Å². The number of carbonyl (C=O) groups is 1. The van der Waals surface area contributed by atoms with Crippen molar-refractivity contribution >= 4 is 29.2 Å². The molecule has 0 radical (unpaired) electrons. The maximum Gasteiger partial charge on any atom is 0.341 e.